The van der Waals surface area contributed by atoms with E-state index in [2.05, 4.69) is 33.0 Å². The molecule has 0 aromatic carbocycles. The van der Waals surface area contributed by atoms with E-state index in [9.17, 15) is 4.79 Å². The van der Waals surface area contributed by atoms with Gasteiger partial charge in [0.1, 0.15) is 17.9 Å². The largest absolute Gasteiger partial charge is 0.355 e. The van der Waals surface area contributed by atoms with E-state index in [1.165, 1.54) is 6.33 Å². The normalized spacial score (nSPS) is 19.8. The van der Waals surface area contributed by atoms with Crippen LogP contribution < -0.4 is 4.90 Å². The number of hydrogen-bond donors (Lipinski definition) is 0. The van der Waals surface area contributed by atoms with Crippen LogP contribution in [0.2, 0.25) is 0 Å². The Morgan fingerprint density at radius 2 is 2.30 bits per heavy atom. The van der Waals surface area contributed by atoms with E-state index in [-0.39, 0.29) is 5.92 Å². The maximum atomic E-state index is 11.7. The molecule has 1 unspecified atom stereocenters. The molecule has 0 radical (unpaired) electrons. The van der Waals surface area contributed by atoms with E-state index in [0.29, 0.717) is 18.0 Å². The Bertz CT molecular complexity index is 636. The minimum Gasteiger partial charge on any atom is -0.355 e. The molecule has 0 bridgehead atoms. The van der Waals surface area contributed by atoms with Crippen LogP contribution in [0.5, 0.6) is 0 Å². The van der Waals surface area contributed by atoms with Gasteiger partial charge in [0.25, 0.3) is 5.78 Å². The number of nitrogens with zero attached hydrogens (tertiary/aromatic N) is 5. The third kappa shape index (κ3) is 2.26. The summed E-state index contributed by atoms with van der Waals surface area (Å²) in [7, 11) is 0. The molecule has 6 nitrogen and oxygen atoms in total. The highest BCUT2D eigenvalue weighted by molar-refractivity contribution is 5.83. The average molecular weight is 273 g/mol. The quantitative estimate of drug-likeness (QED) is 0.848. The molecule has 1 aliphatic heterocycles. The Balaban J connectivity index is 2.00. The van der Waals surface area contributed by atoms with Crippen LogP contribution in [-0.4, -0.2) is 38.5 Å². The minimum atomic E-state index is 0.0742. The topological polar surface area (TPSA) is 63.4 Å². The van der Waals surface area contributed by atoms with Gasteiger partial charge >= 0.3 is 0 Å². The van der Waals surface area contributed by atoms with Crippen LogP contribution in [0.1, 0.15) is 32.4 Å². The number of rotatable bonds is 3. The molecule has 106 valence electrons. The van der Waals surface area contributed by atoms with Gasteiger partial charge in [-0.2, -0.15) is 14.6 Å². The van der Waals surface area contributed by atoms with Crippen molar-refractivity contribution in [1.82, 2.24) is 19.6 Å². The number of aromatic nitrogens is 4. The molecule has 0 aliphatic carbocycles. The molecule has 3 heterocycles. The van der Waals surface area contributed by atoms with Crippen LogP contribution in [0.25, 0.3) is 5.78 Å². The summed E-state index contributed by atoms with van der Waals surface area (Å²) in [5, 5.41) is 4.26. The summed E-state index contributed by atoms with van der Waals surface area (Å²) in [4.78, 5) is 22.6. The molecule has 1 atom stereocenters. The summed E-state index contributed by atoms with van der Waals surface area (Å²) >= 11 is 0. The Kier molecular flexibility index (Phi) is 3.38. The highest BCUT2D eigenvalue weighted by Crippen LogP contribution is 2.22. The lowest BCUT2D eigenvalue weighted by atomic mass is 9.98. The molecule has 0 spiro atoms. The van der Waals surface area contributed by atoms with Crippen LogP contribution in [-0.2, 0) is 11.2 Å². The molecule has 3 rings (SSSR count). The van der Waals surface area contributed by atoms with Crippen molar-refractivity contribution >= 4 is 17.4 Å². The molecule has 2 aromatic heterocycles. The van der Waals surface area contributed by atoms with Gasteiger partial charge in [0.2, 0.25) is 0 Å². The molecule has 0 saturated carbocycles. The third-order valence-corrected chi connectivity index (χ3v) is 3.79. The van der Waals surface area contributed by atoms with Gasteiger partial charge in [0.05, 0.1) is 0 Å². The molecular weight excluding hydrogens is 254 g/mol. The number of fused-ring (bicyclic) bond motifs is 1. The van der Waals surface area contributed by atoms with Crippen molar-refractivity contribution in [2.45, 2.75) is 33.1 Å². The predicted octanol–water partition coefficient (Wildman–Crippen LogP) is 1.49. The smallest absolute Gasteiger partial charge is 0.254 e. The Labute approximate surface area is 117 Å². The lowest BCUT2D eigenvalue weighted by Crippen LogP contribution is -2.40. The fraction of sp³-hybridized carbons (Fsp3) is 0.571. The standard InChI is InChI=1S/C14H19N5O/c1-3-4-11-7-13(19-14(17-11)15-9-16-19)18-6-5-12(20)10(2)8-18/h7,9-10H,3-6,8H2,1-2H3. The average Bonchev–Trinajstić information content (AvgIpc) is 2.89. The predicted molar refractivity (Wildman–Crippen MR) is 75.8 cm³/mol. The zero-order chi connectivity index (χ0) is 14.1. The van der Waals surface area contributed by atoms with E-state index in [0.717, 1.165) is 37.4 Å². The molecule has 1 saturated heterocycles. The number of anilines is 1. The first-order chi connectivity index (χ1) is 9.69. The molecule has 6 heteroatoms. The first-order valence-electron chi connectivity index (χ1n) is 7.16. The minimum absolute atomic E-state index is 0.0742. The number of aryl methyl sites for hydroxylation is 1. The van der Waals surface area contributed by atoms with Gasteiger partial charge < -0.3 is 4.90 Å². The Morgan fingerprint density at radius 1 is 1.45 bits per heavy atom. The molecule has 20 heavy (non-hydrogen) atoms. The van der Waals surface area contributed by atoms with E-state index in [4.69, 9.17) is 0 Å². The second-order valence-corrected chi connectivity index (χ2v) is 5.39. The number of piperidine rings is 1. The number of hydrogen-bond acceptors (Lipinski definition) is 5. The van der Waals surface area contributed by atoms with Gasteiger partial charge in [-0.15, -0.1) is 0 Å². The van der Waals surface area contributed by atoms with Gasteiger partial charge in [0, 0.05) is 37.2 Å². The van der Waals surface area contributed by atoms with E-state index in [1.807, 2.05) is 6.92 Å². The van der Waals surface area contributed by atoms with Crippen molar-refractivity contribution < 1.29 is 4.79 Å². The molecule has 1 aliphatic rings. The summed E-state index contributed by atoms with van der Waals surface area (Å²) in [6.45, 7) is 5.61. The van der Waals surface area contributed by atoms with Crippen molar-refractivity contribution in [3.63, 3.8) is 0 Å². The molecule has 0 N–H and O–H groups in total. The van der Waals surface area contributed by atoms with E-state index in [1.54, 1.807) is 4.52 Å². The maximum Gasteiger partial charge on any atom is 0.254 e. The van der Waals surface area contributed by atoms with Crippen LogP contribution in [0.3, 0.4) is 0 Å². The van der Waals surface area contributed by atoms with Crippen LogP contribution >= 0.6 is 0 Å². The van der Waals surface area contributed by atoms with E-state index >= 15 is 0 Å². The summed E-state index contributed by atoms with van der Waals surface area (Å²) in [6.07, 6.45) is 4.10. The van der Waals surface area contributed by atoms with Crippen molar-refractivity contribution in [2.75, 3.05) is 18.0 Å². The van der Waals surface area contributed by atoms with Crippen LogP contribution in [0.4, 0.5) is 5.82 Å². The van der Waals surface area contributed by atoms with Crippen molar-refractivity contribution in [3.8, 4) is 0 Å². The molecule has 0 amide bonds. The van der Waals surface area contributed by atoms with Crippen LogP contribution in [0, 0.1) is 5.92 Å². The lowest BCUT2D eigenvalue weighted by molar-refractivity contribution is -0.122. The number of ketones is 1. The first kappa shape index (κ1) is 13.0. The van der Waals surface area contributed by atoms with Gasteiger partial charge in [-0.1, -0.05) is 20.3 Å². The van der Waals surface area contributed by atoms with Gasteiger partial charge in [-0.3, -0.25) is 4.79 Å². The van der Waals surface area contributed by atoms with Crippen molar-refractivity contribution in [3.05, 3.63) is 18.1 Å². The number of carbonyl (C=O) groups excluding carboxylic acids is 1. The zero-order valence-electron chi connectivity index (χ0n) is 11.9. The highest BCUT2D eigenvalue weighted by atomic mass is 16.1. The summed E-state index contributed by atoms with van der Waals surface area (Å²) in [5.74, 6) is 2.05. The zero-order valence-corrected chi connectivity index (χ0v) is 11.9. The summed E-state index contributed by atoms with van der Waals surface area (Å²) < 4.78 is 1.77. The van der Waals surface area contributed by atoms with E-state index < -0.39 is 0 Å². The Hall–Kier alpha value is -1.98. The number of carbonyl (C=O) groups is 1. The molecular formula is C14H19N5O. The fourth-order valence-electron chi connectivity index (χ4n) is 2.68. The Morgan fingerprint density at radius 3 is 3.05 bits per heavy atom. The van der Waals surface area contributed by atoms with Gasteiger partial charge in [0.15, 0.2) is 0 Å². The van der Waals surface area contributed by atoms with Gasteiger partial charge in [-0.05, 0) is 6.42 Å². The maximum absolute atomic E-state index is 11.7. The summed E-state index contributed by atoms with van der Waals surface area (Å²) in [5.41, 5.74) is 1.03. The molecule has 2 aromatic rings. The van der Waals surface area contributed by atoms with Crippen molar-refractivity contribution in [2.24, 2.45) is 5.92 Å². The lowest BCUT2D eigenvalue weighted by Gasteiger charge is -2.31. The second kappa shape index (κ2) is 5.19. The third-order valence-electron chi connectivity index (χ3n) is 3.79. The van der Waals surface area contributed by atoms with Gasteiger partial charge in [-0.25, -0.2) is 4.98 Å². The first-order valence-corrected chi connectivity index (χ1v) is 7.16. The van der Waals surface area contributed by atoms with Crippen LogP contribution in [0.15, 0.2) is 12.4 Å². The highest BCUT2D eigenvalue weighted by Gasteiger charge is 2.25. The second-order valence-electron chi connectivity index (χ2n) is 5.39. The molecule has 1 fully saturated rings. The fourth-order valence-corrected chi connectivity index (χ4v) is 2.68. The number of Topliss-reactive ketones (excluding diaryl/α,β-unsaturated/α-hetero) is 1. The SMILES string of the molecule is CCCc1cc(N2CCC(=O)C(C)C2)n2ncnc2n1. The monoisotopic (exact) mass is 273 g/mol. The summed E-state index contributed by atoms with van der Waals surface area (Å²) in [6, 6.07) is 2.08. The van der Waals surface area contributed by atoms with Crippen molar-refractivity contribution in [1.29, 1.82) is 0 Å².